The monoisotopic (exact) mass is 306 g/mol. The molecule has 124 valence electrons. The van der Waals surface area contributed by atoms with Crippen LogP contribution in [-0.4, -0.2) is 24.8 Å². The van der Waals surface area contributed by atoms with Gasteiger partial charge in [-0.15, -0.1) is 6.58 Å². The third-order valence-corrected chi connectivity index (χ3v) is 4.34. The van der Waals surface area contributed by atoms with E-state index in [9.17, 15) is 4.79 Å². The Labute approximate surface area is 135 Å². The van der Waals surface area contributed by atoms with Gasteiger partial charge < -0.3 is 9.47 Å². The second kappa shape index (κ2) is 8.94. The average Bonchev–Trinajstić information content (AvgIpc) is 3.16. The lowest BCUT2D eigenvalue weighted by atomic mass is 9.99. The summed E-state index contributed by atoms with van der Waals surface area (Å²) in [4.78, 5) is 11.1. The van der Waals surface area contributed by atoms with Crippen molar-refractivity contribution in [2.45, 2.75) is 71.0 Å². The van der Waals surface area contributed by atoms with Gasteiger partial charge in [-0.3, -0.25) is 0 Å². The van der Waals surface area contributed by atoms with Crippen LogP contribution in [0.2, 0.25) is 0 Å². The van der Waals surface area contributed by atoms with Gasteiger partial charge in [0.25, 0.3) is 0 Å². The summed E-state index contributed by atoms with van der Waals surface area (Å²) in [6.45, 7) is 10.1. The first kappa shape index (κ1) is 18.7. The standard InChI is InChI=1S/C19H30O3/c1-6-16(11-8-10-15(3)14-18(20)21-5)12-9-13-17-19(4,7-2)22-17/h7,11,14,17H,2,6,8-10,12-13H2,1,3-5H3/b15-14+,16-11+. The molecule has 2 atom stereocenters. The van der Waals surface area contributed by atoms with Gasteiger partial charge in [-0.05, 0) is 52.4 Å². The van der Waals surface area contributed by atoms with Crippen LogP contribution in [0.1, 0.15) is 59.3 Å². The van der Waals surface area contributed by atoms with Crippen LogP contribution >= 0.6 is 0 Å². The number of ether oxygens (including phenoxy) is 2. The minimum atomic E-state index is -0.271. The highest BCUT2D eigenvalue weighted by Gasteiger charge is 2.48. The highest BCUT2D eigenvalue weighted by molar-refractivity contribution is 5.82. The molecule has 2 unspecified atom stereocenters. The van der Waals surface area contributed by atoms with Crippen LogP contribution in [0.5, 0.6) is 0 Å². The quantitative estimate of drug-likeness (QED) is 0.253. The highest BCUT2D eigenvalue weighted by atomic mass is 16.6. The Morgan fingerprint density at radius 1 is 1.41 bits per heavy atom. The highest BCUT2D eigenvalue weighted by Crippen LogP contribution is 2.40. The van der Waals surface area contributed by atoms with Crippen molar-refractivity contribution in [1.29, 1.82) is 0 Å². The third-order valence-electron chi connectivity index (χ3n) is 4.34. The molecular weight excluding hydrogens is 276 g/mol. The summed E-state index contributed by atoms with van der Waals surface area (Å²) in [5.74, 6) is -0.271. The lowest BCUT2D eigenvalue weighted by Crippen LogP contribution is -2.04. The van der Waals surface area contributed by atoms with Gasteiger partial charge in [0.15, 0.2) is 0 Å². The zero-order chi connectivity index (χ0) is 16.6. The number of methoxy groups -OCH3 is 1. The Balaban J connectivity index is 2.27. The van der Waals surface area contributed by atoms with E-state index in [1.54, 1.807) is 6.08 Å². The molecule has 3 heteroatoms. The van der Waals surface area contributed by atoms with Crippen LogP contribution in [0.4, 0.5) is 0 Å². The second-order valence-electron chi connectivity index (χ2n) is 6.16. The van der Waals surface area contributed by atoms with Crippen molar-refractivity contribution in [3.63, 3.8) is 0 Å². The molecule has 0 aromatic rings. The molecule has 0 radical (unpaired) electrons. The van der Waals surface area contributed by atoms with E-state index in [0.717, 1.165) is 44.1 Å². The molecule has 1 aliphatic heterocycles. The molecule has 0 aromatic heterocycles. The number of hydrogen-bond donors (Lipinski definition) is 0. The number of carbonyl (C=O) groups excluding carboxylic acids is 1. The Hall–Kier alpha value is -1.35. The normalized spacial score (nSPS) is 25.0. The molecule has 3 nitrogen and oxygen atoms in total. The van der Waals surface area contributed by atoms with E-state index in [2.05, 4.69) is 31.2 Å². The summed E-state index contributed by atoms with van der Waals surface area (Å²) in [6, 6.07) is 0. The molecule has 0 aliphatic carbocycles. The average molecular weight is 306 g/mol. The third kappa shape index (κ3) is 6.18. The van der Waals surface area contributed by atoms with Crippen molar-refractivity contribution >= 4 is 5.97 Å². The first-order chi connectivity index (χ1) is 10.4. The van der Waals surface area contributed by atoms with Crippen LogP contribution in [0.25, 0.3) is 0 Å². The van der Waals surface area contributed by atoms with E-state index in [1.165, 1.54) is 12.7 Å². The van der Waals surface area contributed by atoms with E-state index in [1.807, 2.05) is 13.0 Å². The zero-order valence-electron chi connectivity index (χ0n) is 14.5. The van der Waals surface area contributed by atoms with Crippen LogP contribution in [0.3, 0.4) is 0 Å². The van der Waals surface area contributed by atoms with E-state index in [0.29, 0.717) is 6.10 Å². The molecule has 1 heterocycles. The number of epoxide rings is 1. The molecule has 0 aromatic carbocycles. The lowest BCUT2D eigenvalue weighted by Gasteiger charge is -2.05. The summed E-state index contributed by atoms with van der Waals surface area (Å²) in [7, 11) is 1.40. The van der Waals surface area contributed by atoms with E-state index < -0.39 is 0 Å². The molecule has 22 heavy (non-hydrogen) atoms. The second-order valence-corrected chi connectivity index (χ2v) is 6.16. The van der Waals surface area contributed by atoms with Gasteiger partial charge in [-0.1, -0.05) is 30.2 Å². The maximum Gasteiger partial charge on any atom is 0.330 e. The Kier molecular flexibility index (Phi) is 7.60. The maximum atomic E-state index is 11.1. The Morgan fingerprint density at radius 2 is 2.14 bits per heavy atom. The van der Waals surface area contributed by atoms with Gasteiger partial charge in [0.2, 0.25) is 0 Å². The minimum absolute atomic E-state index is 0.0775. The Bertz CT molecular complexity index is 448. The number of rotatable bonds is 10. The van der Waals surface area contributed by atoms with Gasteiger partial charge in [-0.2, -0.15) is 0 Å². The predicted octanol–water partition coefficient (Wildman–Crippen LogP) is 4.74. The molecule has 1 rings (SSSR count). The number of hydrogen-bond acceptors (Lipinski definition) is 3. The summed E-state index contributed by atoms with van der Waals surface area (Å²) < 4.78 is 10.3. The van der Waals surface area contributed by atoms with Crippen molar-refractivity contribution in [2.24, 2.45) is 0 Å². The molecular formula is C19H30O3. The van der Waals surface area contributed by atoms with Crippen LogP contribution in [-0.2, 0) is 14.3 Å². The maximum absolute atomic E-state index is 11.1. The van der Waals surface area contributed by atoms with Crippen LogP contribution in [0.15, 0.2) is 36.0 Å². The first-order valence-electron chi connectivity index (χ1n) is 8.19. The summed E-state index contributed by atoms with van der Waals surface area (Å²) in [5.41, 5.74) is 2.48. The van der Waals surface area contributed by atoms with Crippen molar-refractivity contribution in [3.8, 4) is 0 Å². The van der Waals surface area contributed by atoms with Gasteiger partial charge in [0.1, 0.15) is 5.60 Å². The van der Waals surface area contributed by atoms with Crippen LogP contribution < -0.4 is 0 Å². The molecule has 1 aliphatic rings. The SMILES string of the molecule is C=CC1(C)OC1CCC/C(=C/CC/C(C)=C/C(=O)OC)CC. The smallest absolute Gasteiger partial charge is 0.330 e. The first-order valence-corrected chi connectivity index (χ1v) is 8.19. The van der Waals surface area contributed by atoms with Crippen molar-refractivity contribution in [2.75, 3.05) is 7.11 Å². The summed E-state index contributed by atoms with van der Waals surface area (Å²) in [6.07, 6.45) is 12.5. The Morgan fingerprint density at radius 3 is 2.68 bits per heavy atom. The number of carbonyl (C=O) groups is 1. The van der Waals surface area contributed by atoms with E-state index >= 15 is 0 Å². The zero-order valence-corrected chi connectivity index (χ0v) is 14.5. The van der Waals surface area contributed by atoms with Crippen molar-refractivity contribution in [1.82, 2.24) is 0 Å². The molecule has 0 spiro atoms. The van der Waals surface area contributed by atoms with E-state index in [4.69, 9.17) is 4.74 Å². The van der Waals surface area contributed by atoms with Crippen LogP contribution in [0, 0.1) is 0 Å². The van der Waals surface area contributed by atoms with Gasteiger partial charge in [-0.25, -0.2) is 4.79 Å². The molecule has 1 saturated heterocycles. The lowest BCUT2D eigenvalue weighted by molar-refractivity contribution is -0.134. The van der Waals surface area contributed by atoms with Gasteiger partial charge >= 0.3 is 5.97 Å². The topological polar surface area (TPSA) is 38.8 Å². The minimum Gasteiger partial charge on any atom is -0.466 e. The fraction of sp³-hybridized carbons (Fsp3) is 0.632. The fourth-order valence-electron chi connectivity index (χ4n) is 2.57. The molecule has 0 bridgehead atoms. The van der Waals surface area contributed by atoms with Crippen molar-refractivity contribution < 1.29 is 14.3 Å². The van der Waals surface area contributed by atoms with E-state index in [-0.39, 0.29) is 11.6 Å². The summed E-state index contributed by atoms with van der Waals surface area (Å²) in [5, 5.41) is 0. The number of allylic oxidation sites excluding steroid dienone is 3. The predicted molar refractivity (Wildman–Crippen MR) is 90.7 cm³/mol. The molecule has 0 amide bonds. The van der Waals surface area contributed by atoms with Crippen molar-refractivity contribution in [3.05, 3.63) is 36.0 Å². The number of esters is 1. The molecule has 0 saturated carbocycles. The molecule has 0 N–H and O–H groups in total. The fourth-order valence-corrected chi connectivity index (χ4v) is 2.57. The largest absolute Gasteiger partial charge is 0.466 e. The molecule has 1 fully saturated rings. The summed E-state index contributed by atoms with van der Waals surface area (Å²) >= 11 is 0. The van der Waals surface area contributed by atoms with Gasteiger partial charge in [0, 0.05) is 6.08 Å². The van der Waals surface area contributed by atoms with Gasteiger partial charge in [0.05, 0.1) is 13.2 Å².